The van der Waals surface area contributed by atoms with Crippen LogP contribution in [0.2, 0.25) is 0 Å². The molecule has 2 fully saturated rings. The second-order valence-corrected chi connectivity index (χ2v) is 5.92. The molecule has 3 rings (SSSR count). The molecule has 0 amide bonds. The Bertz CT molecular complexity index is 479. The summed E-state index contributed by atoms with van der Waals surface area (Å²) in [5, 5.41) is 13.2. The highest BCUT2D eigenvalue weighted by Gasteiger charge is 2.44. The van der Waals surface area contributed by atoms with Crippen molar-refractivity contribution in [1.82, 2.24) is 15.0 Å². The first-order chi connectivity index (χ1) is 9.93. The van der Waals surface area contributed by atoms with E-state index in [4.69, 9.17) is 4.52 Å². The number of aliphatic hydroxyl groups excluding tert-OH is 1. The molecule has 0 spiro atoms. The zero-order valence-corrected chi connectivity index (χ0v) is 11.5. The standard InChI is InChI=1S/C13H18F3N3O2/c14-13(15,16)11(20)8-3-5-19(6-4-8)7-10-17-12(21-18-10)9-1-2-9/h8-9,11,20H,1-7H2. The second kappa shape index (κ2) is 5.57. The lowest BCUT2D eigenvalue weighted by Gasteiger charge is -2.34. The van der Waals surface area contributed by atoms with E-state index in [0.717, 1.165) is 12.8 Å². The molecular formula is C13H18F3N3O2. The van der Waals surface area contributed by atoms with Crippen LogP contribution in [0, 0.1) is 5.92 Å². The molecule has 21 heavy (non-hydrogen) atoms. The number of hydrogen-bond acceptors (Lipinski definition) is 5. The van der Waals surface area contributed by atoms with Crippen molar-refractivity contribution in [2.45, 2.75) is 50.4 Å². The van der Waals surface area contributed by atoms with E-state index < -0.39 is 18.2 Å². The van der Waals surface area contributed by atoms with Crippen molar-refractivity contribution in [2.24, 2.45) is 5.92 Å². The van der Waals surface area contributed by atoms with Crippen molar-refractivity contribution >= 4 is 0 Å². The molecule has 8 heteroatoms. The summed E-state index contributed by atoms with van der Waals surface area (Å²) in [5.41, 5.74) is 0. The minimum Gasteiger partial charge on any atom is -0.383 e. The highest BCUT2D eigenvalue weighted by Crippen LogP contribution is 2.39. The van der Waals surface area contributed by atoms with Crippen LogP contribution in [0.3, 0.4) is 0 Å². The van der Waals surface area contributed by atoms with E-state index in [0.29, 0.717) is 50.1 Å². The summed E-state index contributed by atoms with van der Waals surface area (Å²) in [6.07, 6.45) is -3.92. The van der Waals surface area contributed by atoms with Crippen LogP contribution in [0.5, 0.6) is 0 Å². The summed E-state index contributed by atoms with van der Waals surface area (Å²) in [4.78, 5) is 6.31. The van der Waals surface area contributed by atoms with E-state index in [-0.39, 0.29) is 0 Å². The number of aromatic nitrogens is 2. The number of hydrogen-bond donors (Lipinski definition) is 1. The van der Waals surface area contributed by atoms with Gasteiger partial charge < -0.3 is 9.63 Å². The normalized spacial score (nSPS) is 23.4. The van der Waals surface area contributed by atoms with E-state index in [1.165, 1.54) is 0 Å². The van der Waals surface area contributed by atoms with Crippen LogP contribution < -0.4 is 0 Å². The summed E-state index contributed by atoms with van der Waals surface area (Å²) in [5.74, 6) is 0.951. The van der Waals surface area contributed by atoms with Gasteiger partial charge in [-0.3, -0.25) is 4.90 Å². The Morgan fingerprint density at radius 2 is 1.90 bits per heavy atom. The second-order valence-electron chi connectivity index (χ2n) is 5.92. The van der Waals surface area contributed by atoms with Gasteiger partial charge in [-0.1, -0.05) is 5.16 Å². The van der Waals surface area contributed by atoms with Gasteiger partial charge in [0.05, 0.1) is 6.54 Å². The fourth-order valence-corrected chi connectivity index (χ4v) is 2.72. The number of halogens is 3. The molecule has 2 heterocycles. The summed E-state index contributed by atoms with van der Waals surface area (Å²) in [6, 6.07) is 0. The molecule has 1 N–H and O–H groups in total. The Morgan fingerprint density at radius 1 is 1.24 bits per heavy atom. The average molecular weight is 305 g/mol. The third-order valence-electron chi connectivity index (χ3n) is 4.19. The molecule has 1 saturated carbocycles. The molecule has 2 aliphatic rings. The van der Waals surface area contributed by atoms with Gasteiger partial charge in [0.1, 0.15) is 0 Å². The highest BCUT2D eigenvalue weighted by molar-refractivity contribution is 5.01. The Kier molecular flexibility index (Phi) is 3.92. The van der Waals surface area contributed by atoms with Gasteiger partial charge in [0, 0.05) is 5.92 Å². The maximum atomic E-state index is 12.5. The lowest BCUT2D eigenvalue weighted by atomic mass is 9.91. The molecule has 0 radical (unpaired) electrons. The SMILES string of the molecule is OC(C1CCN(Cc2noc(C3CC3)n2)CC1)C(F)(F)F. The fourth-order valence-electron chi connectivity index (χ4n) is 2.72. The molecule has 1 aliphatic heterocycles. The van der Waals surface area contributed by atoms with Crippen molar-refractivity contribution in [3.8, 4) is 0 Å². The van der Waals surface area contributed by atoms with E-state index in [9.17, 15) is 18.3 Å². The molecule has 1 unspecified atom stereocenters. The maximum absolute atomic E-state index is 12.5. The van der Waals surface area contributed by atoms with Gasteiger partial charge >= 0.3 is 6.18 Å². The molecule has 118 valence electrons. The lowest BCUT2D eigenvalue weighted by molar-refractivity contribution is -0.223. The Hall–Kier alpha value is -1.15. The topological polar surface area (TPSA) is 62.4 Å². The van der Waals surface area contributed by atoms with E-state index in [2.05, 4.69) is 10.1 Å². The quantitative estimate of drug-likeness (QED) is 0.923. The van der Waals surface area contributed by atoms with E-state index in [1.54, 1.807) is 0 Å². The predicted molar refractivity (Wildman–Crippen MR) is 66.3 cm³/mol. The van der Waals surface area contributed by atoms with Crippen LogP contribution in [-0.4, -0.2) is 45.5 Å². The number of likely N-dealkylation sites (tertiary alicyclic amines) is 1. The predicted octanol–water partition coefficient (Wildman–Crippen LogP) is 2.08. The van der Waals surface area contributed by atoms with Crippen molar-refractivity contribution in [1.29, 1.82) is 0 Å². The largest absolute Gasteiger partial charge is 0.414 e. The first kappa shape index (κ1) is 14.8. The Labute approximate surface area is 120 Å². The number of nitrogens with zero attached hydrogens (tertiary/aromatic N) is 3. The minimum absolute atomic E-state index is 0.327. The zero-order valence-electron chi connectivity index (χ0n) is 11.5. The molecule has 1 aromatic heterocycles. The Balaban J connectivity index is 1.49. The van der Waals surface area contributed by atoms with Crippen LogP contribution in [0.4, 0.5) is 13.2 Å². The zero-order chi connectivity index (χ0) is 15.0. The third-order valence-corrected chi connectivity index (χ3v) is 4.19. The van der Waals surface area contributed by atoms with Crippen LogP contribution in [0.15, 0.2) is 4.52 Å². The van der Waals surface area contributed by atoms with Gasteiger partial charge in [0.25, 0.3) is 0 Å². The third kappa shape index (κ3) is 3.55. The Morgan fingerprint density at radius 3 is 2.48 bits per heavy atom. The molecule has 1 atom stereocenters. The van der Waals surface area contributed by atoms with Crippen molar-refractivity contribution in [3.05, 3.63) is 11.7 Å². The van der Waals surface area contributed by atoms with Gasteiger partial charge in [-0.2, -0.15) is 18.2 Å². The van der Waals surface area contributed by atoms with Gasteiger partial charge in [0.15, 0.2) is 11.9 Å². The van der Waals surface area contributed by atoms with Crippen molar-refractivity contribution < 1.29 is 22.8 Å². The maximum Gasteiger partial charge on any atom is 0.414 e. The van der Waals surface area contributed by atoms with Crippen LogP contribution in [0.25, 0.3) is 0 Å². The molecule has 1 aliphatic carbocycles. The van der Waals surface area contributed by atoms with E-state index in [1.807, 2.05) is 4.90 Å². The molecule has 1 aromatic rings. The summed E-state index contributed by atoms with van der Waals surface area (Å²) >= 11 is 0. The molecular weight excluding hydrogens is 287 g/mol. The van der Waals surface area contributed by atoms with Gasteiger partial charge in [0.2, 0.25) is 5.89 Å². The van der Waals surface area contributed by atoms with Gasteiger partial charge in [-0.05, 0) is 44.7 Å². The lowest BCUT2D eigenvalue weighted by Crippen LogP contribution is -2.43. The smallest absolute Gasteiger partial charge is 0.383 e. The summed E-state index contributed by atoms with van der Waals surface area (Å²) < 4.78 is 42.6. The van der Waals surface area contributed by atoms with Crippen LogP contribution in [-0.2, 0) is 6.54 Å². The van der Waals surface area contributed by atoms with Gasteiger partial charge in [-0.15, -0.1) is 0 Å². The first-order valence-electron chi connectivity index (χ1n) is 7.23. The number of alkyl halides is 3. The average Bonchev–Trinajstić information content (AvgIpc) is 3.19. The molecule has 5 nitrogen and oxygen atoms in total. The van der Waals surface area contributed by atoms with Crippen molar-refractivity contribution in [2.75, 3.05) is 13.1 Å². The monoisotopic (exact) mass is 305 g/mol. The van der Waals surface area contributed by atoms with Gasteiger partial charge in [-0.25, -0.2) is 0 Å². The van der Waals surface area contributed by atoms with Crippen LogP contribution >= 0.6 is 0 Å². The fraction of sp³-hybridized carbons (Fsp3) is 0.846. The summed E-state index contributed by atoms with van der Waals surface area (Å²) in [7, 11) is 0. The number of piperidine rings is 1. The van der Waals surface area contributed by atoms with Crippen molar-refractivity contribution in [3.63, 3.8) is 0 Å². The molecule has 1 saturated heterocycles. The summed E-state index contributed by atoms with van der Waals surface area (Å²) in [6.45, 7) is 1.50. The van der Waals surface area contributed by atoms with Crippen LogP contribution in [0.1, 0.15) is 43.3 Å². The highest BCUT2D eigenvalue weighted by atomic mass is 19.4. The first-order valence-corrected chi connectivity index (χ1v) is 7.23. The number of aliphatic hydroxyl groups is 1. The van der Waals surface area contributed by atoms with E-state index >= 15 is 0 Å². The minimum atomic E-state index is -4.53. The molecule has 0 aromatic carbocycles. The molecule has 0 bridgehead atoms. The number of rotatable bonds is 4.